The zero-order chi connectivity index (χ0) is 15.4. The number of amides is 1. The quantitative estimate of drug-likeness (QED) is 0.730. The monoisotopic (exact) mass is 299 g/mol. The topological polar surface area (TPSA) is 101 Å². The minimum absolute atomic E-state index is 0.0168. The van der Waals surface area contributed by atoms with Gasteiger partial charge in [0.25, 0.3) is 0 Å². The van der Waals surface area contributed by atoms with Crippen LogP contribution in [0.15, 0.2) is 29.2 Å². The summed E-state index contributed by atoms with van der Waals surface area (Å²) in [6.45, 7) is 3.55. The van der Waals surface area contributed by atoms with E-state index in [1.165, 1.54) is 19.2 Å². The van der Waals surface area contributed by atoms with Crippen molar-refractivity contribution in [3.05, 3.63) is 24.3 Å². The minimum Gasteiger partial charge on any atom is -0.323 e. The van der Waals surface area contributed by atoms with Crippen LogP contribution in [0.4, 0.5) is 5.69 Å². The number of hydrogen-bond donors (Lipinski definition) is 3. The van der Waals surface area contributed by atoms with Crippen molar-refractivity contribution < 1.29 is 13.2 Å². The molecule has 0 bridgehead atoms. The number of benzene rings is 1. The molecule has 0 aliphatic carbocycles. The zero-order valence-corrected chi connectivity index (χ0v) is 12.8. The molecule has 4 N–H and O–H groups in total. The molecule has 0 saturated carbocycles. The van der Waals surface area contributed by atoms with E-state index in [0.29, 0.717) is 6.42 Å². The highest BCUT2D eigenvalue weighted by molar-refractivity contribution is 7.89. The number of nitrogens with two attached hydrogens (primary N) is 1. The van der Waals surface area contributed by atoms with Crippen molar-refractivity contribution >= 4 is 21.6 Å². The Kier molecular flexibility index (Phi) is 5.27. The number of anilines is 1. The van der Waals surface area contributed by atoms with Crippen LogP contribution in [0.1, 0.15) is 26.7 Å². The van der Waals surface area contributed by atoms with Gasteiger partial charge in [0.2, 0.25) is 15.9 Å². The molecule has 0 fully saturated rings. The highest BCUT2D eigenvalue weighted by Gasteiger charge is 2.28. The second kappa shape index (κ2) is 6.34. The molecule has 0 heterocycles. The number of nitrogens with one attached hydrogen (secondary N) is 2. The van der Waals surface area contributed by atoms with Gasteiger partial charge in [-0.25, -0.2) is 13.1 Å². The first-order chi connectivity index (χ1) is 9.24. The summed E-state index contributed by atoms with van der Waals surface area (Å²) in [4.78, 5) is 12.2. The first-order valence-corrected chi connectivity index (χ1v) is 7.86. The number of sulfonamides is 1. The Hall–Kier alpha value is -1.44. The van der Waals surface area contributed by atoms with Gasteiger partial charge in [-0.1, -0.05) is 25.5 Å². The molecule has 1 aromatic carbocycles. The molecule has 112 valence electrons. The highest BCUT2D eigenvalue weighted by Crippen LogP contribution is 2.22. The van der Waals surface area contributed by atoms with Gasteiger partial charge in [0, 0.05) is 0 Å². The molecule has 1 rings (SSSR count). The van der Waals surface area contributed by atoms with Gasteiger partial charge in [-0.2, -0.15) is 0 Å². The fourth-order valence-corrected chi connectivity index (χ4v) is 2.70. The molecule has 0 aliphatic rings. The summed E-state index contributed by atoms with van der Waals surface area (Å²) in [5, 5.41) is 2.59. The van der Waals surface area contributed by atoms with E-state index in [0.717, 1.165) is 6.42 Å². The van der Waals surface area contributed by atoms with Crippen LogP contribution in [0.25, 0.3) is 0 Å². The number of hydrogen-bond acceptors (Lipinski definition) is 4. The van der Waals surface area contributed by atoms with Gasteiger partial charge in [0.15, 0.2) is 0 Å². The fraction of sp³-hybridized carbons (Fsp3) is 0.462. The van der Waals surface area contributed by atoms with Crippen molar-refractivity contribution in [1.82, 2.24) is 4.72 Å². The summed E-state index contributed by atoms with van der Waals surface area (Å²) in [6.07, 6.45) is 1.27. The van der Waals surface area contributed by atoms with Crippen LogP contribution in [-0.2, 0) is 14.8 Å². The highest BCUT2D eigenvalue weighted by atomic mass is 32.2. The summed E-state index contributed by atoms with van der Waals surface area (Å²) < 4.78 is 26.0. The van der Waals surface area contributed by atoms with Crippen LogP contribution in [0.5, 0.6) is 0 Å². The molecule has 7 heteroatoms. The Morgan fingerprint density at radius 2 is 1.95 bits per heavy atom. The first kappa shape index (κ1) is 16.6. The summed E-state index contributed by atoms with van der Waals surface area (Å²) in [5.74, 6) is -0.405. The van der Waals surface area contributed by atoms with E-state index in [2.05, 4.69) is 10.0 Å². The van der Waals surface area contributed by atoms with Crippen LogP contribution in [0.3, 0.4) is 0 Å². The number of rotatable bonds is 6. The predicted octanol–water partition coefficient (Wildman–Crippen LogP) is 1.05. The van der Waals surface area contributed by atoms with Crippen molar-refractivity contribution in [3.8, 4) is 0 Å². The van der Waals surface area contributed by atoms with E-state index in [9.17, 15) is 13.2 Å². The minimum atomic E-state index is -3.64. The van der Waals surface area contributed by atoms with E-state index in [1.807, 2.05) is 6.92 Å². The predicted molar refractivity (Wildman–Crippen MR) is 78.8 cm³/mol. The number of carbonyl (C=O) groups excluding carboxylic acids is 1. The third-order valence-electron chi connectivity index (χ3n) is 2.98. The lowest BCUT2D eigenvalue weighted by atomic mass is 9.96. The van der Waals surface area contributed by atoms with Crippen LogP contribution in [0, 0.1) is 0 Å². The molecule has 1 atom stereocenters. The smallest absolute Gasteiger partial charge is 0.244 e. The Morgan fingerprint density at radius 1 is 1.35 bits per heavy atom. The van der Waals surface area contributed by atoms with E-state index >= 15 is 0 Å². The van der Waals surface area contributed by atoms with Crippen LogP contribution >= 0.6 is 0 Å². The Balaban J connectivity index is 3.09. The van der Waals surface area contributed by atoms with Gasteiger partial charge >= 0.3 is 0 Å². The fourth-order valence-electron chi connectivity index (χ4n) is 1.81. The van der Waals surface area contributed by atoms with E-state index in [-0.39, 0.29) is 10.6 Å². The molecule has 20 heavy (non-hydrogen) atoms. The third kappa shape index (κ3) is 3.78. The molecule has 0 aromatic heterocycles. The van der Waals surface area contributed by atoms with E-state index in [4.69, 9.17) is 5.73 Å². The molecular formula is C13H21N3O3S. The average Bonchev–Trinajstić information content (AvgIpc) is 2.39. The van der Waals surface area contributed by atoms with Crippen molar-refractivity contribution in [2.75, 3.05) is 12.4 Å². The number of carbonyl (C=O) groups is 1. The van der Waals surface area contributed by atoms with Gasteiger partial charge in [-0.3, -0.25) is 4.79 Å². The summed E-state index contributed by atoms with van der Waals surface area (Å²) >= 11 is 0. The van der Waals surface area contributed by atoms with Gasteiger partial charge in [0.05, 0.1) is 11.2 Å². The second-order valence-electron chi connectivity index (χ2n) is 4.83. The molecule has 6 nitrogen and oxygen atoms in total. The molecule has 1 unspecified atom stereocenters. The molecule has 0 aliphatic heterocycles. The second-order valence-corrected chi connectivity index (χ2v) is 6.68. The lowest BCUT2D eigenvalue weighted by Crippen LogP contribution is -2.48. The summed E-state index contributed by atoms with van der Waals surface area (Å²) in [5.41, 5.74) is 5.12. The maximum atomic E-state index is 12.1. The van der Waals surface area contributed by atoms with Crippen molar-refractivity contribution in [2.24, 2.45) is 5.73 Å². The Labute approximate surface area is 119 Å². The van der Waals surface area contributed by atoms with Crippen molar-refractivity contribution in [3.63, 3.8) is 0 Å². The van der Waals surface area contributed by atoms with Gasteiger partial charge in [0.1, 0.15) is 4.90 Å². The normalized spacial score (nSPS) is 14.6. The summed E-state index contributed by atoms with van der Waals surface area (Å²) in [6, 6.07) is 6.20. The average molecular weight is 299 g/mol. The maximum Gasteiger partial charge on any atom is 0.244 e. The largest absolute Gasteiger partial charge is 0.323 e. The Bertz CT molecular complexity index is 582. The molecule has 1 amide bonds. The standard InChI is InChI=1S/C13H21N3O3S/c1-4-9-13(2,14)12(17)16-10-7-5-6-8-11(10)20(18,19)15-3/h5-8,15H,4,9,14H2,1-3H3,(H,16,17). The number of para-hydroxylation sites is 1. The molecule has 0 spiro atoms. The van der Waals surface area contributed by atoms with E-state index in [1.54, 1.807) is 19.1 Å². The molecule has 1 aromatic rings. The van der Waals surface area contributed by atoms with Crippen molar-refractivity contribution in [2.45, 2.75) is 37.1 Å². The SMILES string of the molecule is CCCC(C)(N)C(=O)Nc1ccccc1S(=O)(=O)NC. The van der Waals surface area contributed by atoms with Gasteiger partial charge in [-0.05, 0) is 32.5 Å². The molecule has 0 radical (unpaired) electrons. The summed E-state index contributed by atoms with van der Waals surface area (Å²) in [7, 11) is -2.32. The molecule has 0 saturated heterocycles. The van der Waals surface area contributed by atoms with Gasteiger partial charge < -0.3 is 11.1 Å². The van der Waals surface area contributed by atoms with Crippen LogP contribution in [-0.4, -0.2) is 26.9 Å². The van der Waals surface area contributed by atoms with Crippen LogP contribution < -0.4 is 15.8 Å². The molecular weight excluding hydrogens is 278 g/mol. The lowest BCUT2D eigenvalue weighted by molar-refractivity contribution is -0.120. The zero-order valence-electron chi connectivity index (χ0n) is 11.9. The van der Waals surface area contributed by atoms with E-state index < -0.39 is 21.5 Å². The Morgan fingerprint density at radius 3 is 2.50 bits per heavy atom. The lowest BCUT2D eigenvalue weighted by Gasteiger charge is -2.23. The first-order valence-electron chi connectivity index (χ1n) is 6.37. The maximum absolute atomic E-state index is 12.1. The third-order valence-corrected chi connectivity index (χ3v) is 4.45. The van der Waals surface area contributed by atoms with Crippen LogP contribution in [0.2, 0.25) is 0 Å². The van der Waals surface area contributed by atoms with Gasteiger partial charge in [-0.15, -0.1) is 0 Å². The van der Waals surface area contributed by atoms with Crippen molar-refractivity contribution in [1.29, 1.82) is 0 Å².